The fourth-order valence-electron chi connectivity index (χ4n) is 2.18. The Labute approximate surface area is 136 Å². The largest absolute Gasteiger partial charge is 0.486 e. The van der Waals surface area contributed by atoms with Crippen LogP contribution in [0.5, 0.6) is 11.5 Å². The van der Waals surface area contributed by atoms with Crippen molar-refractivity contribution >= 4 is 15.9 Å². The van der Waals surface area contributed by atoms with E-state index in [0.717, 1.165) is 0 Å². The third-order valence-corrected chi connectivity index (χ3v) is 4.92. The molecule has 2 rings (SSSR count). The van der Waals surface area contributed by atoms with E-state index in [1.807, 2.05) is 0 Å². The van der Waals surface area contributed by atoms with Crippen molar-refractivity contribution < 1.29 is 22.7 Å². The average Bonchev–Trinajstić information content (AvgIpc) is 2.51. The minimum Gasteiger partial charge on any atom is -0.486 e. The Morgan fingerprint density at radius 3 is 2.35 bits per heavy atom. The molecule has 0 aliphatic carbocycles. The zero-order chi connectivity index (χ0) is 17.2. The van der Waals surface area contributed by atoms with Gasteiger partial charge in [-0.15, -0.1) is 0 Å². The average molecular weight is 342 g/mol. The Balaban J connectivity index is 2.28. The highest BCUT2D eigenvalue weighted by Crippen LogP contribution is 2.32. The van der Waals surface area contributed by atoms with Crippen molar-refractivity contribution in [3.63, 3.8) is 0 Å². The summed E-state index contributed by atoms with van der Waals surface area (Å²) >= 11 is 0. The molecule has 0 radical (unpaired) electrons. The zero-order valence-electron chi connectivity index (χ0n) is 13.7. The molecule has 1 aromatic rings. The van der Waals surface area contributed by atoms with E-state index in [0.29, 0.717) is 24.7 Å². The van der Waals surface area contributed by atoms with Gasteiger partial charge in [0.05, 0.1) is 4.90 Å². The quantitative estimate of drug-likeness (QED) is 0.857. The van der Waals surface area contributed by atoms with Gasteiger partial charge in [-0.2, -0.15) is 4.72 Å². The lowest BCUT2D eigenvalue weighted by Gasteiger charge is -2.25. The van der Waals surface area contributed by atoms with E-state index in [1.165, 1.54) is 17.0 Å². The summed E-state index contributed by atoms with van der Waals surface area (Å²) in [4.78, 5) is 13.6. The first-order chi connectivity index (χ1) is 10.7. The van der Waals surface area contributed by atoms with Crippen LogP contribution in [0.4, 0.5) is 0 Å². The summed E-state index contributed by atoms with van der Waals surface area (Å²) < 4.78 is 38.4. The number of sulfonamides is 1. The van der Waals surface area contributed by atoms with E-state index >= 15 is 0 Å². The third-order valence-electron chi connectivity index (χ3n) is 3.48. The van der Waals surface area contributed by atoms with Crippen LogP contribution in [-0.2, 0) is 14.8 Å². The van der Waals surface area contributed by atoms with Crippen LogP contribution in [0, 0.1) is 5.92 Å². The molecule has 1 aliphatic heterocycles. The number of fused-ring (bicyclic) bond motifs is 1. The Hall–Kier alpha value is -1.80. The summed E-state index contributed by atoms with van der Waals surface area (Å²) in [5.74, 6) is 0.428. The van der Waals surface area contributed by atoms with Crippen molar-refractivity contribution in [1.29, 1.82) is 0 Å². The second-order valence-corrected chi connectivity index (χ2v) is 7.60. The minimum absolute atomic E-state index is 0.0407. The predicted octanol–water partition coefficient (Wildman–Crippen LogP) is 0.849. The number of amides is 1. The molecule has 1 unspecified atom stereocenters. The maximum Gasteiger partial charge on any atom is 0.241 e. The van der Waals surface area contributed by atoms with Crippen LogP contribution in [0.3, 0.4) is 0 Å². The highest BCUT2D eigenvalue weighted by atomic mass is 32.2. The summed E-state index contributed by atoms with van der Waals surface area (Å²) in [5, 5.41) is 0. The third kappa shape index (κ3) is 3.94. The molecule has 7 nitrogen and oxygen atoms in total. The monoisotopic (exact) mass is 342 g/mol. The molecule has 0 aromatic heterocycles. The van der Waals surface area contributed by atoms with Crippen LogP contribution in [0.25, 0.3) is 0 Å². The fraction of sp³-hybridized carbons (Fsp3) is 0.533. The highest BCUT2D eigenvalue weighted by molar-refractivity contribution is 7.89. The van der Waals surface area contributed by atoms with Crippen LogP contribution in [-0.4, -0.2) is 52.6 Å². The molecule has 1 amide bonds. The maximum atomic E-state index is 12.6. The predicted molar refractivity (Wildman–Crippen MR) is 85.1 cm³/mol. The number of carbonyl (C=O) groups excluding carboxylic acids is 1. The van der Waals surface area contributed by atoms with Gasteiger partial charge in [-0.05, 0) is 18.1 Å². The lowest BCUT2D eigenvalue weighted by molar-refractivity contribution is -0.131. The number of hydrogen-bond acceptors (Lipinski definition) is 5. The van der Waals surface area contributed by atoms with Gasteiger partial charge in [0.15, 0.2) is 11.5 Å². The topological polar surface area (TPSA) is 84.9 Å². The van der Waals surface area contributed by atoms with Crippen molar-refractivity contribution in [3.05, 3.63) is 18.2 Å². The second kappa shape index (κ2) is 6.76. The molecule has 0 bridgehead atoms. The SMILES string of the molecule is CC(C)C(NS(=O)(=O)c1ccc2c(c1)OCCO2)C(=O)N(C)C. The summed E-state index contributed by atoms with van der Waals surface area (Å²) in [6.45, 7) is 4.39. The molecule has 1 aromatic carbocycles. The maximum absolute atomic E-state index is 12.6. The van der Waals surface area contributed by atoms with E-state index in [1.54, 1.807) is 34.0 Å². The van der Waals surface area contributed by atoms with Gasteiger partial charge in [0, 0.05) is 20.2 Å². The van der Waals surface area contributed by atoms with Gasteiger partial charge < -0.3 is 14.4 Å². The van der Waals surface area contributed by atoms with E-state index in [2.05, 4.69) is 4.72 Å². The first kappa shape index (κ1) is 17.6. The zero-order valence-corrected chi connectivity index (χ0v) is 14.5. The number of likely N-dealkylation sites (N-methyl/N-ethyl adjacent to an activating group) is 1. The van der Waals surface area contributed by atoms with Crippen LogP contribution in [0.15, 0.2) is 23.1 Å². The van der Waals surface area contributed by atoms with E-state index in [9.17, 15) is 13.2 Å². The fourth-order valence-corrected chi connectivity index (χ4v) is 3.53. The smallest absolute Gasteiger partial charge is 0.241 e. The number of ether oxygens (including phenoxy) is 2. The van der Waals surface area contributed by atoms with Crippen molar-refractivity contribution in [1.82, 2.24) is 9.62 Å². The number of benzene rings is 1. The van der Waals surface area contributed by atoms with Gasteiger partial charge >= 0.3 is 0 Å². The van der Waals surface area contributed by atoms with Crippen molar-refractivity contribution in [2.24, 2.45) is 5.92 Å². The summed E-state index contributed by atoms with van der Waals surface area (Å²) in [6, 6.07) is 3.58. The molecule has 0 spiro atoms. The van der Waals surface area contributed by atoms with Gasteiger partial charge in [0.1, 0.15) is 19.3 Å². The molecule has 1 heterocycles. The first-order valence-electron chi connectivity index (χ1n) is 7.35. The van der Waals surface area contributed by atoms with Crippen LogP contribution < -0.4 is 14.2 Å². The lowest BCUT2D eigenvalue weighted by atomic mass is 10.0. The second-order valence-electron chi connectivity index (χ2n) is 5.88. The number of nitrogens with one attached hydrogen (secondary N) is 1. The molecular weight excluding hydrogens is 320 g/mol. The molecule has 0 fully saturated rings. The van der Waals surface area contributed by atoms with Crippen LogP contribution in [0.2, 0.25) is 0 Å². The Bertz CT molecular complexity index is 685. The Morgan fingerprint density at radius 2 is 1.78 bits per heavy atom. The minimum atomic E-state index is -3.85. The van der Waals surface area contributed by atoms with Gasteiger partial charge in [-0.1, -0.05) is 13.8 Å². The normalized spacial score (nSPS) is 15.3. The molecule has 8 heteroatoms. The van der Waals surface area contributed by atoms with Gasteiger partial charge in [-0.25, -0.2) is 8.42 Å². The van der Waals surface area contributed by atoms with Crippen LogP contribution in [0.1, 0.15) is 13.8 Å². The number of hydrogen-bond donors (Lipinski definition) is 1. The van der Waals surface area contributed by atoms with E-state index in [-0.39, 0.29) is 16.7 Å². The summed E-state index contributed by atoms with van der Waals surface area (Å²) in [7, 11) is -0.663. The Kier molecular flexibility index (Phi) is 5.16. The number of rotatable bonds is 5. The van der Waals surface area contributed by atoms with Crippen molar-refractivity contribution in [2.75, 3.05) is 27.3 Å². The highest BCUT2D eigenvalue weighted by Gasteiger charge is 2.30. The van der Waals surface area contributed by atoms with Gasteiger partial charge in [0.25, 0.3) is 0 Å². The molecular formula is C15H22N2O5S. The summed E-state index contributed by atoms with van der Waals surface area (Å²) in [5.41, 5.74) is 0. The molecule has 1 aliphatic rings. The van der Waals surface area contributed by atoms with Crippen molar-refractivity contribution in [3.8, 4) is 11.5 Å². The first-order valence-corrected chi connectivity index (χ1v) is 8.84. The molecule has 1 atom stereocenters. The molecule has 1 N–H and O–H groups in total. The van der Waals surface area contributed by atoms with Crippen molar-refractivity contribution in [2.45, 2.75) is 24.8 Å². The lowest BCUT2D eigenvalue weighted by Crippen LogP contribution is -2.49. The molecule has 128 valence electrons. The van der Waals surface area contributed by atoms with E-state index < -0.39 is 16.1 Å². The molecule has 0 saturated heterocycles. The van der Waals surface area contributed by atoms with Gasteiger partial charge in [0.2, 0.25) is 15.9 Å². The standard InChI is InChI=1S/C15H22N2O5S/c1-10(2)14(15(18)17(3)4)16-23(19,20)11-5-6-12-13(9-11)22-8-7-21-12/h5-6,9-10,14,16H,7-8H2,1-4H3. The number of carbonyl (C=O) groups is 1. The molecule has 23 heavy (non-hydrogen) atoms. The Morgan fingerprint density at radius 1 is 1.17 bits per heavy atom. The van der Waals surface area contributed by atoms with Gasteiger partial charge in [-0.3, -0.25) is 4.79 Å². The molecule has 0 saturated carbocycles. The van der Waals surface area contributed by atoms with Crippen LogP contribution >= 0.6 is 0 Å². The number of nitrogens with zero attached hydrogens (tertiary/aromatic N) is 1. The van der Waals surface area contributed by atoms with E-state index in [4.69, 9.17) is 9.47 Å². The summed E-state index contributed by atoms with van der Waals surface area (Å²) in [6.07, 6.45) is 0.